The maximum atomic E-state index is 6.33. The average Bonchev–Trinajstić information content (AvgIpc) is 2.14. The first-order valence-electron chi connectivity index (χ1n) is 4.57. The molecule has 0 aliphatic carbocycles. The fraction of sp³-hybridized carbons (Fsp3) is 0.455. The molecule has 0 atom stereocenters. The van der Waals surface area contributed by atoms with Crippen molar-refractivity contribution in [2.75, 3.05) is 20.3 Å². The van der Waals surface area contributed by atoms with Gasteiger partial charge in [-0.25, -0.2) is 0 Å². The molecule has 1 aliphatic rings. The first-order chi connectivity index (χ1) is 6.65. The zero-order valence-corrected chi connectivity index (χ0v) is 9.10. The molecular weight excluding hydrogens is 200 g/mol. The van der Waals surface area contributed by atoms with Crippen molar-refractivity contribution in [1.29, 1.82) is 0 Å². The van der Waals surface area contributed by atoms with Crippen molar-refractivity contribution in [3.63, 3.8) is 0 Å². The van der Waals surface area contributed by atoms with Crippen molar-refractivity contribution >= 4 is 11.6 Å². The number of rotatable bonds is 2. The zero-order chi connectivity index (χ0) is 10.2. The van der Waals surface area contributed by atoms with Gasteiger partial charge in [0.15, 0.2) is 0 Å². The van der Waals surface area contributed by atoms with Crippen LogP contribution in [0.4, 0.5) is 0 Å². The van der Waals surface area contributed by atoms with Crippen molar-refractivity contribution in [3.05, 3.63) is 29.3 Å². The van der Waals surface area contributed by atoms with Gasteiger partial charge in [0.1, 0.15) is 10.6 Å². The van der Waals surface area contributed by atoms with Gasteiger partial charge in [-0.05, 0) is 24.1 Å². The molecule has 0 bridgehead atoms. The quantitative estimate of drug-likeness (QED) is 0.702. The second kappa shape index (κ2) is 3.44. The van der Waals surface area contributed by atoms with Gasteiger partial charge < -0.3 is 9.47 Å². The molecule has 3 heteroatoms. The lowest BCUT2D eigenvalue weighted by Crippen LogP contribution is -2.41. The Morgan fingerprint density at radius 1 is 1.43 bits per heavy atom. The Morgan fingerprint density at radius 3 is 2.57 bits per heavy atom. The Morgan fingerprint density at radius 2 is 2.14 bits per heavy atom. The van der Waals surface area contributed by atoms with Gasteiger partial charge in [-0.2, -0.15) is 0 Å². The molecule has 1 fully saturated rings. The van der Waals surface area contributed by atoms with Crippen LogP contribution in [0.15, 0.2) is 18.2 Å². The Kier molecular flexibility index (Phi) is 2.41. The van der Waals surface area contributed by atoms with E-state index < -0.39 is 0 Å². The molecule has 14 heavy (non-hydrogen) atoms. The highest BCUT2D eigenvalue weighted by Gasteiger charge is 2.38. The van der Waals surface area contributed by atoms with Crippen molar-refractivity contribution < 1.29 is 9.47 Å². The van der Waals surface area contributed by atoms with Gasteiger partial charge in [0.05, 0.1) is 20.3 Å². The van der Waals surface area contributed by atoms with Gasteiger partial charge in [0.2, 0.25) is 0 Å². The fourth-order valence-corrected chi connectivity index (χ4v) is 1.88. The molecule has 1 heterocycles. The molecule has 1 aromatic rings. The number of ether oxygens (including phenoxy) is 2. The summed E-state index contributed by atoms with van der Waals surface area (Å²) in [5.41, 5.74) is 2.22. The highest BCUT2D eigenvalue weighted by Crippen LogP contribution is 2.37. The molecule has 0 spiro atoms. The van der Waals surface area contributed by atoms with Crippen molar-refractivity contribution in [3.8, 4) is 5.75 Å². The van der Waals surface area contributed by atoms with Crippen LogP contribution in [0.2, 0.25) is 0 Å². The number of methoxy groups -OCH3 is 1. The lowest BCUT2D eigenvalue weighted by atomic mass is 9.95. The lowest BCUT2D eigenvalue weighted by molar-refractivity contribution is -0.0152. The zero-order valence-electron chi connectivity index (χ0n) is 8.34. The largest absolute Gasteiger partial charge is 0.496 e. The van der Waals surface area contributed by atoms with Gasteiger partial charge in [-0.1, -0.05) is 12.1 Å². The third-order valence-electron chi connectivity index (χ3n) is 2.57. The standard InChI is InChI=1S/C11H13ClO2/c1-8-5-9(3-4-10(8)13-2)11(12)6-14-7-11/h3-5H,6-7H2,1-2H3. The number of benzene rings is 1. The van der Waals surface area contributed by atoms with Crippen LogP contribution in [0.1, 0.15) is 11.1 Å². The number of hydrogen-bond donors (Lipinski definition) is 0. The third kappa shape index (κ3) is 1.49. The summed E-state index contributed by atoms with van der Waals surface area (Å²) < 4.78 is 10.3. The molecule has 2 nitrogen and oxygen atoms in total. The maximum Gasteiger partial charge on any atom is 0.121 e. The first kappa shape index (κ1) is 9.81. The van der Waals surface area contributed by atoms with Crippen LogP contribution >= 0.6 is 11.6 Å². The molecule has 1 aliphatic heterocycles. The molecule has 76 valence electrons. The molecule has 2 rings (SSSR count). The predicted molar refractivity (Wildman–Crippen MR) is 56.1 cm³/mol. The monoisotopic (exact) mass is 212 g/mol. The number of alkyl halides is 1. The summed E-state index contributed by atoms with van der Waals surface area (Å²) in [7, 11) is 1.67. The van der Waals surface area contributed by atoms with Gasteiger partial charge in [0, 0.05) is 0 Å². The normalized spacial score (nSPS) is 18.8. The van der Waals surface area contributed by atoms with Crippen molar-refractivity contribution in [2.45, 2.75) is 11.8 Å². The smallest absolute Gasteiger partial charge is 0.121 e. The summed E-state index contributed by atoms with van der Waals surface area (Å²) in [5.74, 6) is 0.897. The Bertz CT molecular complexity index is 345. The minimum absolute atomic E-state index is 0.309. The summed E-state index contributed by atoms with van der Waals surface area (Å²) in [6.07, 6.45) is 0. The maximum absolute atomic E-state index is 6.33. The molecular formula is C11H13ClO2. The lowest BCUT2D eigenvalue weighted by Gasteiger charge is -2.36. The Balaban J connectivity index is 2.32. The van der Waals surface area contributed by atoms with E-state index in [0.29, 0.717) is 13.2 Å². The van der Waals surface area contributed by atoms with Gasteiger partial charge in [0.25, 0.3) is 0 Å². The molecule has 0 saturated carbocycles. The summed E-state index contributed by atoms with van der Waals surface area (Å²) in [6, 6.07) is 6.02. The second-order valence-electron chi connectivity index (χ2n) is 3.64. The van der Waals surface area contributed by atoms with Crippen LogP contribution in [-0.2, 0) is 9.61 Å². The molecule has 0 aromatic heterocycles. The number of halogens is 1. The van der Waals surface area contributed by atoms with Crippen LogP contribution in [0.25, 0.3) is 0 Å². The summed E-state index contributed by atoms with van der Waals surface area (Å²) >= 11 is 6.33. The highest BCUT2D eigenvalue weighted by atomic mass is 35.5. The third-order valence-corrected chi connectivity index (χ3v) is 3.01. The van der Waals surface area contributed by atoms with Crippen molar-refractivity contribution in [1.82, 2.24) is 0 Å². The number of aryl methyl sites for hydroxylation is 1. The average molecular weight is 213 g/mol. The van der Waals surface area contributed by atoms with E-state index >= 15 is 0 Å². The predicted octanol–water partition coefficient (Wildman–Crippen LogP) is 2.47. The SMILES string of the molecule is COc1ccc(C2(Cl)COC2)cc1C. The van der Waals surface area contributed by atoms with E-state index in [1.165, 1.54) is 0 Å². The first-order valence-corrected chi connectivity index (χ1v) is 4.95. The van der Waals surface area contributed by atoms with E-state index in [9.17, 15) is 0 Å². The van der Waals surface area contributed by atoms with E-state index in [0.717, 1.165) is 16.9 Å². The fourth-order valence-electron chi connectivity index (χ4n) is 1.61. The molecule has 1 aromatic carbocycles. The van der Waals surface area contributed by atoms with Crippen molar-refractivity contribution in [2.24, 2.45) is 0 Å². The van der Waals surface area contributed by atoms with Gasteiger partial charge >= 0.3 is 0 Å². The minimum atomic E-state index is -0.309. The van der Waals surface area contributed by atoms with Crippen LogP contribution in [0.3, 0.4) is 0 Å². The van der Waals surface area contributed by atoms with Gasteiger partial charge in [-0.15, -0.1) is 11.6 Å². The van der Waals surface area contributed by atoms with Crippen LogP contribution < -0.4 is 4.74 Å². The minimum Gasteiger partial charge on any atom is -0.496 e. The number of hydrogen-bond acceptors (Lipinski definition) is 2. The van der Waals surface area contributed by atoms with E-state index in [4.69, 9.17) is 21.1 Å². The second-order valence-corrected chi connectivity index (χ2v) is 4.37. The van der Waals surface area contributed by atoms with Crippen LogP contribution in [0.5, 0.6) is 5.75 Å². The summed E-state index contributed by atoms with van der Waals surface area (Å²) in [5, 5.41) is 0. The molecule has 0 amide bonds. The summed E-state index contributed by atoms with van der Waals surface area (Å²) in [6.45, 7) is 3.21. The van der Waals surface area contributed by atoms with E-state index in [1.807, 2.05) is 19.1 Å². The van der Waals surface area contributed by atoms with Crippen LogP contribution in [-0.4, -0.2) is 20.3 Å². The van der Waals surface area contributed by atoms with E-state index in [1.54, 1.807) is 7.11 Å². The topological polar surface area (TPSA) is 18.5 Å². The Hall–Kier alpha value is -0.730. The molecule has 1 saturated heterocycles. The summed E-state index contributed by atoms with van der Waals surface area (Å²) in [4.78, 5) is -0.309. The Labute approximate surface area is 88.8 Å². The van der Waals surface area contributed by atoms with E-state index in [2.05, 4.69) is 6.07 Å². The van der Waals surface area contributed by atoms with E-state index in [-0.39, 0.29) is 4.87 Å². The molecule has 0 unspecified atom stereocenters. The van der Waals surface area contributed by atoms with Crippen LogP contribution in [0, 0.1) is 6.92 Å². The highest BCUT2D eigenvalue weighted by molar-refractivity contribution is 6.24. The molecule has 0 radical (unpaired) electrons. The molecule has 0 N–H and O–H groups in total. The van der Waals surface area contributed by atoms with Gasteiger partial charge in [-0.3, -0.25) is 0 Å².